The van der Waals surface area contributed by atoms with E-state index < -0.39 is 0 Å². The van der Waals surface area contributed by atoms with Crippen LogP contribution in [0.25, 0.3) is 11.0 Å². The maximum Gasteiger partial charge on any atom is 0.223 e. The minimum absolute atomic E-state index is 0.132. The highest BCUT2D eigenvalue weighted by Gasteiger charge is 2.24. The van der Waals surface area contributed by atoms with E-state index in [1.165, 1.54) is 6.42 Å². The van der Waals surface area contributed by atoms with E-state index in [1.807, 2.05) is 49.4 Å². The van der Waals surface area contributed by atoms with E-state index in [4.69, 9.17) is 14.5 Å². The Kier molecular flexibility index (Phi) is 6.75. The predicted molar refractivity (Wildman–Crippen MR) is 121 cm³/mol. The maximum atomic E-state index is 12.8. The van der Waals surface area contributed by atoms with E-state index in [0.717, 1.165) is 54.0 Å². The van der Waals surface area contributed by atoms with Crippen LogP contribution < -0.4 is 14.8 Å². The van der Waals surface area contributed by atoms with Gasteiger partial charge in [-0.2, -0.15) is 0 Å². The summed E-state index contributed by atoms with van der Waals surface area (Å²) in [5.74, 6) is 2.75. The summed E-state index contributed by atoms with van der Waals surface area (Å²) in [4.78, 5) is 17.6. The highest BCUT2D eigenvalue weighted by molar-refractivity contribution is 5.80. The second-order valence-electron chi connectivity index (χ2n) is 8.20. The van der Waals surface area contributed by atoms with Crippen LogP contribution in [0.3, 0.4) is 0 Å². The Balaban J connectivity index is 1.47. The molecule has 2 aromatic carbocycles. The summed E-state index contributed by atoms with van der Waals surface area (Å²) < 4.78 is 13.3. The van der Waals surface area contributed by atoms with Gasteiger partial charge in [0.25, 0.3) is 0 Å². The summed E-state index contributed by atoms with van der Waals surface area (Å²) in [6.07, 6.45) is 5.51. The third kappa shape index (κ3) is 5.01. The van der Waals surface area contributed by atoms with Crippen LogP contribution in [0.5, 0.6) is 11.5 Å². The van der Waals surface area contributed by atoms with E-state index in [0.29, 0.717) is 13.2 Å². The van der Waals surface area contributed by atoms with Gasteiger partial charge >= 0.3 is 0 Å². The molecule has 1 fully saturated rings. The minimum atomic E-state index is -0.164. The normalized spacial score (nSPS) is 15.5. The van der Waals surface area contributed by atoms with Gasteiger partial charge in [0.05, 0.1) is 30.7 Å². The molecule has 0 saturated heterocycles. The largest absolute Gasteiger partial charge is 0.497 e. The summed E-state index contributed by atoms with van der Waals surface area (Å²) in [6.45, 7) is 3.16. The van der Waals surface area contributed by atoms with Crippen LogP contribution in [0.15, 0.2) is 48.5 Å². The van der Waals surface area contributed by atoms with Crippen LogP contribution >= 0.6 is 0 Å². The lowest BCUT2D eigenvalue weighted by Gasteiger charge is -2.23. The number of fused-ring (bicyclic) bond motifs is 1. The number of carbonyl (C=O) groups is 1. The quantitative estimate of drug-likeness (QED) is 0.563. The lowest BCUT2D eigenvalue weighted by molar-refractivity contribution is -0.126. The molecular formula is C25H31N3O3. The monoisotopic (exact) mass is 421 g/mol. The van der Waals surface area contributed by atoms with Gasteiger partial charge in [0, 0.05) is 5.92 Å². The summed E-state index contributed by atoms with van der Waals surface area (Å²) in [7, 11) is 1.65. The third-order valence-electron chi connectivity index (χ3n) is 6.05. The van der Waals surface area contributed by atoms with Gasteiger partial charge in [0.15, 0.2) is 0 Å². The van der Waals surface area contributed by atoms with E-state index in [2.05, 4.69) is 16.0 Å². The molecule has 0 aliphatic heterocycles. The number of imidazole rings is 1. The van der Waals surface area contributed by atoms with Crippen LogP contribution in [0.2, 0.25) is 0 Å². The van der Waals surface area contributed by atoms with Crippen molar-refractivity contribution < 1.29 is 14.3 Å². The number of methoxy groups -OCH3 is 1. The van der Waals surface area contributed by atoms with Crippen LogP contribution in [-0.2, 0) is 11.3 Å². The smallest absolute Gasteiger partial charge is 0.223 e. The predicted octanol–water partition coefficient (Wildman–Crippen LogP) is 4.88. The van der Waals surface area contributed by atoms with E-state index in [-0.39, 0.29) is 17.9 Å². The highest BCUT2D eigenvalue weighted by atomic mass is 16.5. The maximum absolute atomic E-state index is 12.8. The number of nitrogens with one attached hydrogen (secondary N) is 1. The molecule has 1 heterocycles. The first-order chi connectivity index (χ1) is 15.2. The molecule has 1 aliphatic rings. The molecule has 4 rings (SSSR count). The average molecular weight is 422 g/mol. The van der Waals surface area contributed by atoms with Gasteiger partial charge < -0.3 is 19.4 Å². The van der Waals surface area contributed by atoms with E-state index >= 15 is 0 Å². The standard InChI is InChI=1S/C25H31N3O3/c1-18(26-25(29)19-8-4-3-5-9-19)24-27-22-10-6-7-11-23(22)28(24)16-17-31-21-14-12-20(30-2)13-15-21/h6-7,10-15,18-19H,3-5,8-9,16-17H2,1-2H3,(H,26,29). The molecule has 0 radical (unpaired) electrons. The zero-order valence-corrected chi connectivity index (χ0v) is 18.3. The zero-order valence-electron chi connectivity index (χ0n) is 18.3. The number of amides is 1. The van der Waals surface area contributed by atoms with Gasteiger partial charge in [-0.15, -0.1) is 0 Å². The number of para-hydroxylation sites is 2. The fourth-order valence-corrected chi connectivity index (χ4v) is 4.35. The molecule has 0 spiro atoms. The molecule has 6 nitrogen and oxygen atoms in total. The topological polar surface area (TPSA) is 65.4 Å². The van der Waals surface area contributed by atoms with Gasteiger partial charge in [0.2, 0.25) is 5.91 Å². The number of aromatic nitrogens is 2. The molecule has 1 aromatic heterocycles. The lowest BCUT2D eigenvalue weighted by atomic mass is 9.88. The van der Waals surface area contributed by atoms with Crippen molar-refractivity contribution in [2.75, 3.05) is 13.7 Å². The van der Waals surface area contributed by atoms with Crippen LogP contribution in [0.1, 0.15) is 50.9 Å². The Morgan fingerprint density at radius 1 is 1.10 bits per heavy atom. The molecule has 31 heavy (non-hydrogen) atoms. The van der Waals surface area contributed by atoms with Crippen molar-refractivity contribution in [3.63, 3.8) is 0 Å². The van der Waals surface area contributed by atoms with E-state index in [9.17, 15) is 4.79 Å². The molecule has 164 valence electrons. The number of hydrogen-bond acceptors (Lipinski definition) is 4. The zero-order chi connectivity index (χ0) is 21.6. The fraction of sp³-hybridized carbons (Fsp3) is 0.440. The van der Waals surface area contributed by atoms with Crippen molar-refractivity contribution >= 4 is 16.9 Å². The number of nitrogens with zero attached hydrogens (tertiary/aromatic N) is 2. The Bertz CT molecular complexity index is 1010. The number of carbonyl (C=O) groups excluding carboxylic acids is 1. The van der Waals surface area contributed by atoms with E-state index in [1.54, 1.807) is 7.11 Å². The Hall–Kier alpha value is -3.02. The second kappa shape index (κ2) is 9.86. The van der Waals surface area contributed by atoms with Gasteiger partial charge in [-0.25, -0.2) is 4.98 Å². The molecule has 1 saturated carbocycles. The summed E-state index contributed by atoms with van der Waals surface area (Å²) in [5, 5.41) is 3.21. The van der Waals surface area contributed by atoms with Crippen molar-refractivity contribution in [3.8, 4) is 11.5 Å². The third-order valence-corrected chi connectivity index (χ3v) is 6.05. The molecule has 1 unspecified atom stereocenters. The average Bonchev–Trinajstić information content (AvgIpc) is 3.19. The van der Waals surface area contributed by atoms with Crippen molar-refractivity contribution in [1.29, 1.82) is 0 Å². The number of ether oxygens (including phenoxy) is 2. The van der Waals surface area contributed by atoms with Crippen molar-refractivity contribution in [1.82, 2.24) is 14.9 Å². The number of benzene rings is 2. The van der Waals surface area contributed by atoms with Gasteiger partial charge in [-0.1, -0.05) is 31.4 Å². The van der Waals surface area contributed by atoms with Crippen LogP contribution in [-0.4, -0.2) is 29.2 Å². The number of rotatable bonds is 8. The second-order valence-corrected chi connectivity index (χ2v) is 8.20. The van der Waals surface area contributed by atoms with Crippen molar-refractivity contribution in [3.05, 3.63) is 54.4 Å². The molecule has 1 atom stereocenters. The first-order valence-corrected chi connectivity index (χ1v) is 11.2. The molecule has 1 N–H and O–H groups in total. The van der Waals surface area contributed by atoms with Crippen molar-refractivity contribution in [2.45, 2.75) is 51.6 Å². The number of hydrogen-bond donors (Lipinski definition) is 1. The Labute approximate surface area is 183 Å². The lowest BCUT2D eigenvalue weighted by Crippen LogP contribution is -2.35. The molecule has 6 heteroatoms. The van der Waals surface area contributed by atoms with Gasteiger partial charge in [0.1, 0.15) is 23.9 Å². The highest BCUT2D eigenvalue weighted by Crippen LogP contribution is 2.26. The van der Waals surface area contributed by atoms with Crippen LogP contribution in [0, 0.1) is 5.92 Å². The first kappa shape index (κ1) is 21.2. The van der Waals surface area contributed by atoms with Gasteiger partial charge in [-0.05, 0) is 56.2 Å². The molecule has 1 amide bonds. The molecule has 1 aliphatic carbocycles. The summed E-state index contributed by atoms with van der Waals surface area (Å²) in [6, 6.07) is 15.5. The Morgan fingerprint density at radius 3 is 2.55 bits per heavy atom. The SMILES string of the molecule is COc1ccc(OCCn2c(C(C)NC(=O)C3CCCCC3)nc3ccccc32)cc1. The molecule has 0 bridgehead atoms. The minimum Gasteiger partial charge on any atom is -0.497 e. The fourth-order valence-electron chi connectivity index (χ4n) is 4.35. The summed E-state index contributed by atoms with van der Waals surface area (Å²) in [5.41, 5.74) is 1.98. The Morgan fingerprint density at radius 2 is 1.81 bits per heavy atom. The molecule has 3 aromatic rings. The summed E-state index contributed by atoms with van der Waals surface area (Å²) >= 11 is 0. The first-order valence-electron chi connectivity index (χ1n) is 11.2. The van der Waals surface area contributed by atoms with Crippen LogP contribution in [0.4, 0.5) is 0 Å². The molecular weight excluding hydrogens is 390 g/mol. The van der Waals surface area contributed by atoms with Crippen molar-refractivity contribution in [2.24, 2.45) is 5.92 Å². The van der Waals surface area contributed by atoms with Gasteiger partial charge in [-0.3, -0.25) is 4.79 Å².